The summed E-state index contributed by atoms with van der Waals surface area (Å²) in [5.74, 6) is 0.343. The monoisotopic (exact) mass is 471 g/mol. The Bertz CT molecular complexity index is 926. The first-order chi connectivity index (χ1) is 14.5. The molecular formula is C23H26BrN3O3. The molecule has 0 amide bonds. The highest BCUT2D eigenvalue weighted by Crippen LogP contribution is 2.32. The number of ether oxygens (including phenoxy) is 2. The van der Waals surface area contributed by atoms with E-state index < -0.39 is 0 Å². The molecule has 1 heterocycles. The van der Waals surface area contributed by atoms with E-state index in [-0.39, 0.29) is 12.0 Å². The lowest BCUT2D eigenvalue weighted by molar-refractivity contribution is -0.136. The van der Waals surface area contributed by atoms with Crippen LogP contribution in [0.3, 0.4) is 0 Å². The highest BCUT2D eigenvalue weighted by Gasteiger charge is 2.35. The molecule has 0 saturated carbocycles. The minimum Gasteiger partial charge on any atom is -0.466 e. The summed E-state index contributed by atoms with van der Waals surface area (Å²) in [4.78, 5) is 19.5. The molecule has 0 unspecified atom stereocenters. The van der Waals surface area contributed by atoms with Crippen LogP contribution in [0.4, 0.5) is 0 Å². The molecule has 0 fully saturated rings. The van der Waals surface area contributed by atoms with Gasteiger partial charge < -0.3 is 19.7 Å². The van der Waals surface area contributed by atoms with E-state index in [1.807, 2.05) is 54.3 Å². The smallest absolute Gasteiger partial charge is 0.337 e. The van der Waals surface area contributed by atoms with Crippen LogP contribution in [0.1, 0.15) is 24.1 Å². The number of aliphatic imine (C=N–C) groups is 1. The maximum Gasteiger partial charge on any atom is 0.337 e. The van der Waals surface area contributed by atoms with Crippen molar-refractivity contribution in [1.82, 2.24) is 10.2 Å². The molecule has 2 aromatic carbocycles. The molecule has 0 saturated heterocycles. The summed E-state index contributed by atoms with van der Waals surface area (Å²) < 4.78 is 11.3. The number of esters is 1. The van der Waals surface area contributed by atoms with Crippen molar-refractivity contribution in [3.05, 3.63) is 81.5 Å². The van der Waals surface area contributed by atoms with E-state index in [1.54, 1.807) is 7.11 Å². The van der Waals surface area contributed by atoms with E-state index in [0.29, 0.717) is 31.2 Å². The number of nitrogens with one attached hydrogen (secondary N) is 1. The van der Waals surface area contributed by atoms with Gasteiger partial charge in [-0.15, -0.1) is 0 Å². The molecule has 1 atom stereocenters. The van der Waals surface area contributed by atoms with Gasteiger partial charge in [-0.25, -0.2) is 4.79 Å². The average molecular weight is 472 g/mol. The molecule has 158 valence electrons. The van der Waals surface area contributed by atoms with Gasteiger partial charge in [0.25, 0.3) is 0 Å². The molecule has 1 N–H and O–H groups in total. The number of carbonyl (C=O) groups is 1. The second-order valence-electron chi connectivity index (χ2n) is 6.89. The Morgan fingerprint density at radius 2 is 1.83 bits per heavy atom. The van der Waals surface area contributed by atoms with E-state index >= 15 is 0 Å². The number of nitrogens with zero attached hydrogens (tertiary/aromatic N) is 2. The first kappa shape index (κ1) is 22.1. The van der Waals surface area contributed by atoms with Gasteiger partial charge in [-0.3, -0.25) is 4.99 Å². The predicted molar refractivity (Wildman–Crippen MR) is 121 cm³/mol. The van der Waals surface area contributed by atoms with Gasteiger partial charge in [0, 0.05) is 17.3 Å². The summed E-state index contributed by atoms with van der Waals surface area (Å²) in [6.07, 6.45) is 0. The van der Waals surface area contributed by atoms with Crippen molar-refractivity contribution in [2.24, 2.45) is 4.99 Å². The topological polar surface area (TPSA) is 63.2 Å². The number of hydrogen-bond acceptors (Lipinski definition) is 4. The highest BCUT2D eigenvalue weighted by molar-refractivity contribution is 9.10. The van der Waals surface area contributed by atoms with Crippen molar-refractivity contribution in [1.29, 1.82) is 0 Å². The van der Waals surface area contributed by atoms with Crippen LogP contribution >= 0.6 is 15.9 Å². The fourth-order valence-corrected chi connectivity index (χ4v) is 3.67. The molecule has 30 heavy (non-hydrogen) atoms. The van der Waals surface area contributed by atoms with Crippen LogP contribution in [0, 0.1) is 0 Å². The van der Waals surface area contributed by atoms with Crippen LogP contribution in [-0.2, 0) is 20.8 Å². The van der Waals surface area contributed by atoms with Gasteiger partial charge in [-0.2, -0.15) is 0 Å². The summed E-state index contributed by atoms with van der Waals surface area (Å²) in [7, 11) is 3.06. The summed E-state index contributed by atoms with van der Waals surface area (Å²) in [5, 5.41) is 3.46. The second-order valence-corrected chi connectivity index (χ2v) is 7.81. The van der Waals surface area contributed by atoms with Crippen LogP contribution in [-0.4, -0.2) is 44.2 Å². The van der Waals surface area contributed by atoms with Crippen LogP contribution in [0.15, 0.2) is 75.3 Å². The number of hydrogen-bond donors (Lipinski definition) is 1. The minimum absolute atomic E-state index is 0.359. The van der Waals surface area contributed by atoms with Gasteiger partial charge in [-0.05, 0) is 30.2 Å². The third-order valence-corrected chi connectivity index (χ3v) is 5.49. The molecule has 0 spiro atoms. The zero-order valence-electron chi connectivity index (χ0n) is 17.4. The Hall–Kier alpha value is -2.64. The summed E-state index contributed by atoms with van der Waals surface area (Å²) in [6, 6.07) is 17.6. The zero-order valence-corrected chi connectivity index (χ0v) is 19.0. The van der Waals surface area contributed by atoms with E-state index in [2.05, 4.69) is 33.4 Å². The highest BCUT2D eigenvalue weighted by atomic mass is 79.9. The number of carbonyl (C=O) groups excluding carboxylic acids is 1. The predicted octanol–water partition coefficient (Wildman–Crippen LogP) is 4.05. The van der Waals surface area contributed by atoms with E-state index in [9.17, 15) is 4.79 Å². The largest absolute Gasteiger partial charge is 0.466 e. The van der Waals surface area contributed by atoms with Crippen molar-refractivity contribution in [3.8, 4) is 0 Å². The van der Waals surface area contributed by atoms with E-state index in [0.717, 1.165) is 21.3 Å². The number of benzene rings is 2. The Morgan fingerprint density at radius 3 is 2.47 bits per heavy atom. The summed E-state index contributed by atoms with van der Waals surface area (Å²) in [5.41, 5.74) is 3.45. The molecule has 7 heteroatoms. The quantitative estimate of drug-likeness (QED) is 0.487. The molecule has 0 bridgehead atoms. The maximum atomic E-state index is 12.8. The van der Waals surface area contributed by atoms with Crippen LogP contribution < -0.4 is 5.32 Å². The lowest BCUT2D eigenvalue weighted by Crippen LogP contribution is -2.48. The third-order valence-electron chi connectivity index (χ3n) is 4.96. The van der Waals surface area contributed by atoms with Gasteiger partial charge in [-0.1, -0.05) is 58.4 Å². The third kappa shape index (κ3) is 5.09. The molecule has 2 aromatic rings. The number of guanidine groups is 1. The second kappa shape index (κ2) is 10.4. The molecule has 6 nitrogen and oxygen atoms in total. The number of methoxy groups -OCH3 is 2. The van der Waals surface area contributed by atoms with Crippen molar-refractivity contribution in [3.63, 3.8) is 0 Å². The SMILES string of the molecule is COCCN=C1N[C@@H](c2ccc(Br)cc2)C(C(=O)OC)=C(C)N1Cc1ccccc1. The lowest BCUT2D eigenvalue weighted by atomic mass is 9.94. The fraction of sp³-hybridized carbons (Fsp3) is 0.304. The normalized spacial score (nSPS) is 17.8. The first-order valence-corrected chi connectivity index (χ1v) is 10.5. The molecule has 3 rings (SSSR count). The summed E-state index contributed by atoms with van der Waals surface area (Å²) >= 11 is 3.47. The van der Waals surface area contributed by atoms with E-state index in [4.69, 9.17) is 14.5 Å². The molecule has 0 aliphatic carbocycles. The van der Waals surface area contributed by atoms with Crippen LogP contribution in [0.5, 0.6) is 0 Å². The fourth-order valence-electron chi connectivity index (χ4n) is 3.41. The Balaban J connectivity index is 2.07. The van der Waals surface area contributed by atoms with Gasteiger partial charge in [0.1, 0.15) is 0 Å². The number of halogens is 1. The Labute approximate surface area is 185 Å². The minimum atomic E-state index is -0.362. The van der Waals surface area contributed by atoms with Gasteiger partial charge in [0.15, 0.2) is 5.96 Å². The van der Waals surface area contributed by atoms with Crippen molar-refractivity contribution < 1.29 is 14.3 Å². The van der Waals surface area contributed by atoms with Crippen LogP contribution in [0.2, 0.25) is 0 Å². The van der Waals surface area contributed by atoms with Gasteiger partial charge in [0.2, 0.25) is 0 Å². The molecule has 0 aromatic heterocycles. The van der Waals surface area contributed by atoms with E-state index in [1.165, 1.54) is 7.11 Å². The average Bonchev–Trinajstić information content (AvgIpc) is 2.76. The Morgan fingerprint density at radius 1 is 1.13 bits per heavy atom. The lowest BCUT2D eigenvalue weighted by Gasteiger charge is -2.38. The van der Waals surface area contributed by atoms with Crippen LogP contribution in [0.25, 0.3) is 0 Å². The molecule has 1 aliphatic heterocycles. The standard InChI is InChI=1S/C23H26BrN3O3/c1-16-20(22(28)30-3)21(18-9-11-19(24)12-10-18)26-23(25-13-14-29-2)27(16)15-17-7-5-4-6-8-17/h4-12,21H,13-15H2,1-3H3,(H,25,26)/t21-/m0/s1. The zero-order chi connectivity index (χ0) is 21.5. The molecular weight excluding hydrogens is 446 g/mol. The number of rotatable bonds is 7. The van der Waals surface area contributed by atoms with Crippen molar-refractivity contribution in [2.45, 2.75) is 19.5 Å². The van der Waals surface area contributed by atoms with Crippen molar-refractivity contribution >= 4 is 27.9 Å². The Kier molecular flexibility index (Phi) is 7.65. The van der Waals surface area contributed by atoms with Crippen molar-refractivity contribution in [2.75, 3.05) is 27.4 Å². The van der Waals surface area contributed by atoms with Gasteiger partial charge in [0.05, 0.1) is 38.4 Å². The first-order valence-electron chi connectivity index (χ1n) is 9.71. The molecule has 1 aliphatic rings. The molecule has 0 radical (unpaired) electrons. The van der Waals surface area contributed by atoms with Gasteiger partial charge >= 0.3 is 5.97 Å². The summed E-state index contributed by atoms with van der Waals surface area (Å²) in [6.45, 7) is 3.55. The maximum absolute atomic E-state index is 12.8. The number of allylic oxidation sites excluding steroid dienone is 1.